The molecule has 0 unspecified atom stereocenters. The lowest BCUT2D eigenvalue weighted by Crippen LogP contribution is -2.24. The molecule has 0 radical (unpaired) electrons. The molecule has 82 valence electrons. The molecule has 0 spiro atoms. The summed E-state index contributed by atoms with van der Waals surface area (Å²) in [5, 5.41) is 21.8. The zero-order valence-corrected chi connectivity index (χ0v) is 9.27. The van der Waals surface area contributed by atoms with Gasteiger partial charge in [-0.15, -0.1) is 0 Å². The Kier molecular flexibility index (Phi) is 2.97. The summed E-state index contributed by atoms with van der Waals surface area (Å²) in [4.78, 5) is 17.7. The number of nitrogens with zero attached hydrogens (tertiary/aromatic N) is 4. The van der Waals surface area contributed by atoms with Gasteiger partial charge in [-0.25, -0.2) is 9.97 Å². The number of thiazole rings is 1. The van der Waals surface area contributed by atoms with Crippen molar-refractivity contribution in [3.05, 3.63) is 40.1 Å². The molecule has 0 amide bonds. The average Bonchev–Trinajstić information content (AvgIpc) is 2.66. The van der Waals surface area contributed by atoms with Crippen LogP contribution in [0.5, 0.6) is 0 Å². The van der Waals surface area contributed by atoms with Crippen LogP contribution in [0.1, 0.15) is 0 Å². The van der Waals surface area contributed by atoms with Crippen LogP contribution in [0.4, 0.5) is 5.00 Å². The van der Waals surface area contributed by atoms with Crippen LogP contribution >= 0.6 is 23.1 Å². The first-order chi connectivity index (χ1) is 7.65. The summed E-state index contributed by atoms with van der Waals surface area (Å²) in [5.74, 6) is 0. The third-order valence-electron chi connectivity index (χ3n) is 1.50. The van der Waals surface area contributed by atoms with Crippen LogP contribution in [-0.2, 0) is 0 Å². The van der Waals surface area contributed by atoms with E-state index >= 15 is 0 Å². The standard InChI is InChI=1S/C7H4N4O3S2/c12-10-2-1-8-5(4-10)15-7-9-3-6(16-7)11(13)14/h1-4H. The molecule has 0 atom stereocenters. The summed E-state index contributed by atoms with van der Waals surface area (Å²) < 4.78 is 1.09. The SMILES string of the molecule is O=[N+]([O-])c1cnc(Sc2c[n+]([O-])ccn2)s1. The molecular formula is C7H4N4O3S2. The van der Waals surface area contributed by atoms with Crippen molar-refractivity contribution >= 4 is 28.1 Å². The van der Waals surface area contributed by atoms with Gasteiger partial charge in [0.2, 0.25) is 6.20 Å². The summed E-state index contributed by atoms with van der Waals surface area (Å²) in [6.07, 6.45) is 5.07. The fourth-order valence-corrected chi connectivity index (χ4v) is 2.58. The van der Waals surface area contributed by atoms with Crippen LogP contribution in [0.15, 0.2) is 34.2 Å². The van der Waals surface area contributed by atoms with Crippen LogP contribution in [0.3, 0.4) is 0 Å². The third kappa shape index (κ3) is 2.44. The normalized spacial score (nSPS) is 10.2. The Morgan fingerprint density at radius 1 is 1.50 bits per heavy atom. The Morgan fingerprint density at radius 2 is 2.31 bits per heavy atom. The van der Waals surface area contributed by atoms with E-state index in [1.165, 1.54) is 24.8 Å². The van der Waals surface area contributed by atoms with Gasteiger partial charge in [0, 0.05) is 0 Å². The van der Waals surface area contributed by atoms with Crippen molar-refractivity contribution in [2.75, 3.05) is 0 Å². The number of rotatable bonds is 3. The van der Waals surface area contributed by atoms with Crippen LogP contribution in [-0.4, -0.2) is 14.9 Å². The number of nitro groups is 1. The van der Waals surface area contributed by atoms with Crippen LogP contribution in [0.25, 0.3) is 0 Å². The van der Waals surface area contributed by atoms with Crippen molar-refractivity contribution in [3.8, 4) is 0 Å². The second-order valence-electron chi connectivity index (χ2n) is 2.58. The van der Waals surface area contributed by atoms with Crippen molar-refractivity contribution in [2.45, 2.75) is 9.37 Å². The summed E-state index contributed by atoms with van der Waals surface area (Å²) in [7, 11) is 0. The molecule has 2 aromatic heterocycles. The highest BCUT2D eigenvalue weighted by molar-refractivity contribution is 8.01. The van der Waals surface area contributed by atoms with E-state index in [0.717, 1.165) is 23.1 Å². The van der Waals surface area contributed by atoms with Gasteiger partial charge < -0.3 is 5.21 Å². The van der Waals surface area contributed by atoms with E-state index in [4.69, 9.17) is 0 Å². The molecule has 0 bridgehead atoms. The van der Waals surface area contributed by atoms with Crippen molar-refractivity contribution < 1.29 is 9.65 Å². The second kappa shape index (κ2) is 4.41. The first-order valence-electron chi connectivity index (χ1n) is 3.98. The van der Waals surface area contributed by atoms with Gasteiger partial charge >= 0.3 is 5.00 Å². The molecule has 0 saturated heterocycles. The molecule has 0 aliphatic heterocycles. The lowest BCUT2D eigenvalue weighted by atomic mass is 10.8. The van der Waals surface area contributed by atoms with Crippen molar-refractivity contribution in [1.29, 1.82) is 0 Å². The summed E-state index contributed by atoms with van der Waals surface area (Å²) in [5.41, 5.74) is 0. The molecule has 0 fully saturated rings. The highest BCUT2D eigenvalue weighted by atomic mass is 32.2. The first-order valence-corrected chi connectivity index (χ1v) is 5.61. The fraction of sp³-hybridized carbons (Fsp3) is 0. The van der Waals surface area contributed by atoms with Gasteiger partial charge in [0.15, 0.2) is 15.6 Å². The highest BCUT2D eigenvalue weighted by Gasteiger charge is 2.13. The van der Waals surface area contributed by atoms with E-state index in [2.05, 4.69) is 9.97 Å². The molecule has 0 N–H and O–H groups in total. The third-order valence-corrected chi connectivity index (χ3v) is 3.44. The second-order valence-corrected chi connectivity index (χ2v) is 4.85. The van der Waals surface area contributed by atoms with Crippen LogP contribution in [0, 0.1) is 15.3 Å². The fourth-order valence-electron chi connectivity index (χ4n) is 0.882. The maximum Gasteiger partial charge on any atom is 0.344 e. The predicted octanol–water partition coefficient (Wildman–Crippen LogP) is 1.23. The Labute approximate surface area is 97.5 Å². The topological polar surface area (TPSA) is 95.9 Å². The molecule has 16 heavy (non-hydrogen) atoms. The molecule has 2 heterocycles. The maximum absolute atomic E-state index is 10.9. The molecule has 0 aliphatic rings. The van der Waals surface area contributed by atoms with E-state index in [-0.39, 0.29) is 5.00 Å². The van der Waals surface area contributed by atoms with E-state index in [1.807, 2.05) is 0 Å². The first kappa shape index (κ1) is 10.8. The van der Waals surface area contributed by atoms with Crippen molar-refractivity contribution in [1.82, 2.24) is 9.97 Å². The van der Waals surface area contributed by atoms with Gasteiger partial charge in [-0.1, -0.05) is 0 Å². The van der Waals surface area contributed by atoms with Crippen molar-refractivity contribution in [2.24, 2.45) is 0 Å². The average molecular weight is 256 g/mol. The minimum Gasteiger partial charge on any atom is -0.619 e. The highest BCUT2D eigenvalue weighted by Crippen LogP contribution is 2.32. The zero-order valence-electron chi connectivity index (χ0n) is 7.64. The van der Waals surface area contributed by atoms with E-state index in [9.17, 15) is 15.3 Å². The Hall–Kier alpha value is -1.74. The molecular weight excluding hydrogens is 252 g/mol. The van der Waals surface area contributed by atoms with Crippen molar-refractivity contribution in [3.63, 3.8) is 0 Å². The van der Waals surface area contributed by atoms with E-state index in [0.29, 0.717) is 14.1 Å². The lowest BCUT2D eigenvalue weighted by molar-refractivity contribution is -0.608. The molecule has 0 aromatic carbocycles. The Bertz CT molecular complexity index is 530. The van der Waals surface area contributed by atoms with E-state index < -0.39 is 4.92 Å². The van der Waals surface area contributed by atoms with Crippen LogP contribution < -0.4 is 4.73 Å². The summed E-state index contributed by atoms with van der Waals surface area (Å²) in [6, 6.07) is 0. The Morgan fingerprint density at radius 3 is 2.94 bits per heavy atom. The quantitative estimate of drug-likeness (QED) is 0.354. The predicted molar refractivity (Wildman–Crippen MR) is 56.1 cm³/mol. The number of aromatic nitrogens is 3. The smallest absolute Gasteiger partial charge is 0.344 e. The van der Waals surface area contributed by atoms with E-state index in [1.54, 1.807) is 0 Å². The van der Waals surface area contributed by atoms with Crippen LogP contribution in [0.2, 0.25) is 0 Å². The largest absolute Gasteiger partial charge is 0.619 e. The molecule has 2 aromatic rings. The minimum atomic E-state index is -0.506. The summed E-state index contributed by atoms with van der Waals surface area (Å²) >= 11 is 2.05. The maximum atomic E-state index is 10.9. The summed E-state index contributed by atoms with van der Waals surface area (Å²) in [6.45, 7) is 0. The molecule has 9 heteroatoms. The lowest BCUT2D eigenvalue weighted by Gasteiger charge is -1.96. The Balaban J connectivity index is 2.17. The molecule has 0 aliphatic carbocycles. The van der Waals surface area contributed by atoms with Gasteiger partial charge in [0.05, 0.1) is 11.1 Å². The number of hydrogen-bond acceptors (Lipinski definition) is 7. The molecule has 7 nitrogen and oxygen atoms in total. The van der Waals surface area contributed by atoms with Gasteiger partial charge in [-0.05, 0) is 23.1 Å². The monoisotopic (exact) mass is 256 g/mol. The van der Waals surface area contributed by atoms with Gasteiger partial charge in [-0.3, -0.25) is 10.1 Å². The number of hydrogen-bond donors (Lipinski definition) is 0. The van der Waals surface area contributed by atoms with Gasteiger partial charge in [-0.2, -0.15) is 4.73 Å². The van der Waals surface area contributed by atoms with Gasteiger partial charge in [0.1, 0.15) is 6.20 Å². The molecule has 0 saturated carbocycles. The minimum absolute atomic E-state index is 0.0339. The zero-order chi connectivity index (χ0) is 11.5. The van der Waals surface area contributed by atoms with Gasteiger partial charge in [0.25, 0.3) is 0 Å². The molecule has 2 rings (SSSR count).